The first-order valence-electron chi connectivity index (χ1n) is 6.77. The minimum Gasteiger partial charge on any atom is -0.304 e. The predicted octanol–water partition coefficient (Wildman–Crippen LogP) is 3.05. The number of aromatic amines is 1. The molecule has 3 rings (SSSR count). The largest absolute Gasteiger partial charge is 0.416 e. The van der Waals surface area contributed by atoms with Gasteiger partial charge in [-0.1, -0.05) is 0 Å². The highest BCUT2D eigenvalue weighted by molar-refractivity contribution is 6.07. The molecule has 0 aliphatic rings. The number of hydrogen-bond acceptors (Lipinski definition) is 3. The number of aromatic nitrogens is 4. The zero-order valence-corrected chi connectivity index (χ0v) is 12.0. The summed E-state index contributed by atoms with van der Waals surface area (Å²) >= 11 is 0. The van der Waals surface area contributed by atoms with Crippen LogP contribution in [0.1, 0.15) is 22.8 Å². The van der Waals surface area contributed by atoms with Crippen molar-refractivity contribution in [3.05, 3.63) is 41.7 Å². The van der Waals surface area contributed by atoms with E-state index in [-0.39, 0.29) is 11.2 Å². The lowest BCUT2D eigenvalue weighted by atomic mass is 10.1. The van der Waals surface area contributed by atoms with Crippen molar-refractivity contribution in [1.82, 2.24) is 20.0 Å². The molecule has 120 valence electrons. The molecule has 0 unspecified atom stereocenters. The Labute approximate surface area is 128 Å². The molecule has 23 heavy (non-hydrogen) atoms. The molecular formula is C14H12F3N5O. The molecule has 0 saturated carbocycles. The van der Waals surface area contributed by atoms with E-state index in [0.29, 0.717) is 17.6 Å². The van der Waals surface area contributed by atoms with Gasteiger partial charge in [0.25, 0.3) is 5.91 Å². The Kier molecular flexibility index (Phi) is 3.55. The summed E-state index contributed by atoms with van der Waals surface area (Å²) in [6.45, 7) is 2.47. The van der Waals surface area contributed by atoms with Crippen LogP contribution in [0.5, 0.6) is 0 Å². The highest BCUT2D eigenvalue weighted by Gasteiger charge is 2.31. The number of carbonyl (C=O) groups excluding carboxylic acids is 1. The van der Waals surface area contributed by atoms with Crippen molar-refractivity contribution in [3.8, 4) is 0 Å². The van der Waals surface area contributed by atoms with Crippen molar-refractivity contribution in [3.63, 3.8) is 0 Å². The molecule has 0 atom stereocenters. The van der Waals surface area contributed by atoms with E-state index in [9.17, 15) is 18.0 Å². The zero-order valence-electron chi connectivity index (χ0n) is 12.0. The van der Waals surface area contributed by atoms with E-state index in [0.717, 1.165) is 12.1 Å². The van der Waals surface area contributed by atoms with Gasteiger partial charge in [-0.2, -0.15) is 23.4 Å². The molecule has 2 aromatic heterocycles. The molecular weight excluding hydrogens is 311 g/mol. The Morgan fingerprint density at radius 1 is 1.39 bits per heavy atom. The highest BCUT2D eigenvalue weighted by Crippen LogP contribution is 2.32. The second kappa shape index (κ2) is 5.41. The number of H-pyrrole nitrogens is 1. The molecule has 0 aliphatic heterocycles. The Morgan fingerprint density at radius 2 is 2.17 bits per heavy atom. The predicted molar refractivity (Wildman–Crippen MR) is 76.9 cm³/mol. The first kappa shape index (κ1) is 15.1. The third kappa shape index (κ3) is 2.89. The van der Waals surface area contributed by atoms with Crippen molar-refractivity contribution in [1.29, 1.82) is 0 Å². The fraction of sp³-hybridized carbons (Fsp3) is 0.214. The number of fused-ring (bicyclic) bond motifs is 1. The number of aryl methyl sites for hydroxylation is 1. The summed E-state index contributed by atoms with van der Waals surface area (Å²) in [6.07, 6.45) is -1.53. The number of hydrogen-bond donors (Lipinski definition) is 2. The standard InChI is InChI=1S/C14H12F3N5O/c1-2-22-7-8(6-18-22)13(23)19-12-10-5-9(14(15,16)17)3-4-11(10)20-21-12/h3-7H,2H2,1H3,(H2,19,20,21,23). The fourth-order valence-corrected chi connectivity index (χ4v) is 2.12. The average Bonchev–Trinajstić information content (AvgIpc) is 3.13. The summed E-state index contributed by atoms with van der Waals surface area (Å²) in [7, 11) is 0. The lowest BCUT2D eigenvalue weighted by Gasteiger charge is -2.06. The second-order valence-corrected chi connectivity index (χ2v) is 4.87. The molecule has 0 radical (unpaired) electrons. The molecule has 0 bridgehead atoms. The Morgan fingerprint density at radius 3 is 2.83 bits per heavy atom. The smallest absolute Gasteiger partial charge is 0.304 e. The van der Waals surface area contributed by atoms with Crippen LogP contribution in [0.4, 0.5) is 19.0 Å². The van der Waals surface area contributed by atoms with Crippen molar-refractivity contribution >= 4 is 22.6 Å². The minimum absolute atomic E-state index is 0.0420. The van der Waals surface area contributed by atoms with E-state index in [1.807, 2.05) is 6.92 Å². The van der Waals surface area contributed by atoms with Crippen LogP contribution in [-0.2, 0) is 12.7 Å². The van der Waals surface area contributed by atoms with Gasteiger partial charge in [0.2, 0.25) is 0 Å². The minimum atomic E-state index is -4.46. The van der Waals surface area contributed by atoms with Crippen molar-refractivity contribution in [2.75, 3.05) is 5.32 Å². The molecule has 0 fully saturated rings. The molecule has 9 heteroatoms. The van der Waals surface area contributed by atoms with E-state index in [2.05, 4.69) is 20.6 Å². The number of rotatable bonds is 3. The summed E-state index contributed by atoms with van der Waals surface area (Å²) in [5, 5.41) is 13.1. The second-order valence-electron chi connectivity index (χ2n) is 4.87. The van der Waals surface area contributed by atoms with E-state index in [4.69, 9.17) is 0 Å². The van der Waals surface area contributed by atoms with Gasteiger partial charge in [0, 0.05) is 18.1 Å². The molecule has 0 aliphatic carbocycles. The van der Waals surface area contributed by atoms with Gasteiger partial charge in [-0.15, -0.1) is 0 Å². The number of anilines is 1. The van der Waals surface area contributed by atoms with Crippen LogP contribution in [-0.4, -0.2) is 25.9 Å². The Hall–Kier alpha value is -2.84. The van der Waals surface area contributed by atoms with Crippen LogP contribution >= 0.6 is 0 Å². The van der Waals surface area contributed by atoms with Crippen LogP contribution in [0.2, 0.25) is 0 Å². The van der Waals surface area contributed by atoms with E-state index >= 15 is 0 Å². The molecule has 6 nitrogen and oxygen atoms in total. The number of carbonyl (C=O) groups is 1. The monoisotopic (exact) mass is 323 g/mol. The quantitative estimate of drug-likeness (QED) is 0.778. The zero-order chi connectivity index (χ0) is 16.6. The maximum absolute atomic E-state index is 12.8. The van der Waals surface area contributed by atoms with Gasteiger partial charge in [0.15, 0.2) is 5.82 Å². The molecule has 3 aromatic rings. The van der Waals surface area contributed by atoms with Gasteiger partial charge >= 0.3 is 6.18 Å². The first-order chi connectivity index (χ1) is 10.9. The van der Waals surface area contributed by atoms with Crippen molar-refractivity contribution < 1.29 is 18.0 Å². The molecule has 0 spiro atoms. The third-order valence-electron chi connectivity index (χ3n) is 3.34. The number of halogens is 3. The number of benzene rings is 1. The number of nitrogens with one attached hydrogen (secondary N) is 2. The van der Waals surface area contributed by atoms with Gasteiger partial charge in [-0.25, -0.2) is 0 Å². The van der Waals surface area contributed by atoms with Crippen LogP contribution in [0.3, 0.4) is 0 Å². The van der Waals surface area contributed by atoms with Gasteiger partial charge in [0.05, 0.1) is 22.8 Å². The highest BCUT2D eigenvalue weighted by atomic mass is 19.4. The van der Waals surface area contributed by atoms with Gasteiger partial charge in [0.1, 0.15) is 0 Å². The number of alkyl halides is 3. The Balaban J connectivity index is 1.92. The first-order valence-corrected chi connectivity index (χ1v) is 6.77. The van der Waals surface area contributed by atoms with E-state index in [1.165, 1.54) is 12.3 Å². The topological polar surface area (TPSA) is 75.6 Å². The summed E-state index contributed by atoms with van der Waals surface area (Å²) in [5.41, 5.74) is -0.103. The number of amides is 1. The maximum Gasteiger partial charge on any atom is 0.416 e. The summed E-state index contributed by atoms with van der Waals surface area (Å²) in [4.78, 5) is 12.1. The maximum atomic E-state index is 12.8. The molecule has 2 heterocycles. The van der Waals surface area contributed by atoms with E-state index in [1.54, 1.807) is 10.9 Å². The molecule has 1 aromatic carbocycles. The Bertz CT molecular complexity index is 865. The summed E-state index contributed by atoms with van der Waals surface area (Å²) in [6, 6.07) is 3.18. The molecule has 2 N–H and O–H groups in total. The summed E-state index contributed by atoms with van der Waals surface area (Å²) in [5.74, 6) is -0.448. The van der Waals surface area contributed by atoms with Crippen molar-refractivity contribution in [2.24, 2.45) is 0 Å². The number of nitrogens with zero attached hydrogens (tertiary/aromatic N) is 3. The van der Waals surface area contributed by atoms with Gasteiger partial charge in [-0.3, -0.25) is 14.6 Å². The van der Waals surface area contributed by atoms with Gasteiger partial charge in [-0.05, 0) is 25.1 Å². The molecule has 0 saturated heterocycles. The average molecular weight is 323 g/mol. The van der Waals surface area contributed by atoms with Crippen molar-refractivity contribution in [2.45, 2.75) is 19.6 Å². The summed E-state index contributed by atoms with van der Waals surface area (Å²) < 4.78 is 40.0. The SMILES string of the molecule is CCn1cc(C(=O)Nc2n[nH]c3ccc(C(F)(F)F)cc23)cn1. The third-order valence-corrected chi connectivity index (χ3v) is 3.34. The van der Waals surface area contributed by atoms with Crippen LogP contribution in [0, 0.1) is 0 Å². The van der Waals surface area contributed by atoms with Gasteiger partial charge < -0.3 is 5.32 Å². The fourth-order valence-electron chi connectivity index (χ4n) is 2.12. The lowest BCUT2D eigenvalue weighted by Crippen LogP contribution is -2.12. The van der Waals surface area contributed by atoms with Crippen LogP contribution in [0.25, 0.3) is 10.9 Å². The normalized spacial score (nSPS) is 11.8. The van der Waals surface area contributed by atoms with Crippen LogP contribution < -0.4 is 5.32 Å². The lowest BCUT2D eigenvalue weighted by molar-refractivity contribution is -0.137. The molecule has 1 amide bonds. The van der Waals surface area contributed by atoms with Crippen LogP contribution in [0.15, 0.2) is 30.6 Å². The van der Waals surface area contributed by atoms with E-state index < -0.39 is 17.6 Å².